The van der Waals surface area contributed by atoms with Gasteiger partial charge in [-0.3, -0.25) is 0 Å². The minimum Gasteiger partial charge on any atom is -0.494 e. The van der Waals surface area contributed by atoms with Gasteiger partial charge in [0.1, 0.15) is 5.75 Å². The SMILES string of the molecule is CCOc1ccccc1C(N)CS(=O)(=O)CC(C)CC. The van der Waals surface area contributed by atoms with Crippen molar-refractivity contribution in [3.05, 3.63) is 29.8 Å². The number of sulfone groups is 1. The third-order valence-electron chi connectivity index (χ3n) is 3.29. The Hall–Kier alpha value is -1.07. The van der Waals surface area contributed by atoms with E-state index in [1.807, 2.05) is 45.0 Å². The largest absolute Gasteiger partial charge is 0.494 e. The average molecular weight is 299 g/mol. The van der Waals surface area contributed by atoms with Crippen LogP contribution in [0, 0.1) is 5.92 Å². The summed E-state index contributed by atoms with van der Waals surface area (Å²) in [4.78, 5) is 0. The third-order valence-corrected chi connectivity index (χ3v) is 5.23. The molecule has 1 aromatic rings. The standard InChI is InChI=1S/C15H25NO3S/c1-4-12(3)10-20(17,18)11-14(16)13-8-6-7-9-15(13)19-5-2/h6-9,12,14H,4-5,10-11,16H2,1-3H3. The predicted molar refractivity (Wildman–Crippen MR) is 82.6 cm³/mol. The molecule has 0 saturated heterocycles. The molecule has 0 aliphatic carbocycles. The molecule has 0 radical (unpaired) electrons. The lowest BCUT2D eigenvalue weighted by molar-refractivity contribution is 0.335. The molecule has 4 nitrogen and oxygen atoms in total. The first kappa shape index (κ1) is 17.0. The van der Waals surface area contributed by atoms with Crippen molar-refractivity contribution in [3.8, 4) is 5.75 Å². The van der Waals surface area contributed by atoms with E-state index >= 15 is 0 Å². The summed E-state index contributed by atoms with van der Waals surface area (Å²) in [6, 6.07) is 6.80. The Morgan fingerprint density at radius 2 is 1.85 bits per heavy atom. The van der Waals surface area contributed by atoms with Gasteiger partial charge in [-0.15, -0.1) is 0 Å². The van der Waals surface area contributed by atoms with E-state index in [0.29, 0.717) is 12.4 Å². The van der Waals surface area contributed by atoms with Crippen LogP contribution in [-0.2, 0) is 9.84 Å². The number of para-hydroxylation sites is 1. The first-order chi connectivity index (χ1) is 9.39. The van der Waals surface area contributed by atoms with Crippen LogP contribution >= 0.6 is 0 Å². The van der Waals surface area contributed by atoms with E-state index in [9.17, 15) is 8.42 Å². The predicted octanol–water partition coefficient (Wildman–Crippen LogP) is 2.55. The number of benzene rings is 1. The molecule has 0 spiro atoms. The normalized spacial score (nSPS) is 14.8. The van der Waals surface area contributed by atoms with Gasteiger partial charge in [-0.2, -0.15) is 0 Å². The molecule has 0 bridgehead atoms. The molecule has 1 rings (SSSR count). The molecule has 5 heteroatoms. The first-order valence-electron chi connectivity index (χ1n) is 7.07. The molecular weight excluding hydrogens is 274 g/mol. The Bertz CT molecular complexity index is 514. The number of hydrogen-bond donors (Lipinski definition) is 1. The van der Waals surface area contributed by atoms with E-state index in [2.05, 4.69) is 0 Å². The zero-order valence-corrected chi connectivity index (χ0v) is 13.3. The molecule has 2 atom stereocenters. The van der Waals surface area contributed by atoms with Crippen LogP contribution < -0.4 is 10.5 Å². The summed E-state index contributed by atoms with van der Waals surface area (Å²) in [5.74, 6) is 0.977. The molecule has 0 fully saturated rings. The summed E-state index contributed by atoms with van der Waals surface area (Å²) in [6.45, 7) is 6.35. The number of ether oxygens (including phenoxy) is 1. The number of rotatable bonds is 8. The van der Waals surface area contributed by atoms with Gasteiger partial charge in [-0.1, -0.05) is 38.5 Å². The smallest absolute Gasteiger partial charge is 0.152 e. The van der Waals surface area contributed by atoms with Gasteiger partial charge in [0.15, 0.2) is 9.84 Å². The zero-order valence-electron chi connectivity index (χ0n) is 12.5. The summed E-state index contributed by atoms with van der Waals surface area (Å²) in [6.07, 6.45) is 0.851. The van der Waals surface area contributed by atoms with E-state index in [1.165, 1.54) is 0 Å². The maximum absolute atomic E-state index is 12.1. The van der Waals surface area contributed by atoms with Crippen LogP contribution in [0.1, 0.15) is 38.8 Å². The maximum atomic E-state index is 12.1. The second-order valence-electron chi connectivity index (χ2n) is 5.17. The summed E-state index contributed by atoms with van der Waals surface area (Å²) in [5, 5.41) is 0. The Kier molecular flexibility index (Phi) is 6.49. The monoisotopic (exact) mass is 299 g/mol. The molecule has 0 amide bonds. The fourth-order valence-corrected chi connectivity index (χ4v) is 4.02. The van der Waals surface area contributed by atoms with Gasteiger partial charge < -0.3 is 10.5 Å². The third kappa shape index (κ3) is 5.13. The molecule has 20 heavy (non-hydrogen) atoms. The fraction of sp³-hybridized carbons (Fsp3) is 0.600. The van der Waals surface area contributed by atoms with Gasteiger partial charge in [-0.05, 0) is 18.9 Å². The summed E-state index contributed by atoms with van der Waals surface area (Å²) < 4.78 is 29.8. The molecule has 1 aromatic carbocycles. The highest BCUT2D eigenvalue weighted by atomic mass is 32.2. The Morgan fingerprint density at radius 3 is 2.45 bits per heavy atom. The molecule has 0 aromatic heterocycles. The van der Waals surface area contributed by atoms with Crippen LogP contribution in [0.4, 0.5) is 0 Å². The zero-order chi connectivity index (χ0) is 15.2. The number of hydrogen-bond acceptors (Lipinski definition) is 4. The molecule has 2 N–H and O–H groups in total. The average Bonchev–Trinajstić information content (AvgIpc) is 2.38. The van der Waals surface area contributed by atoms with Crippen LogP contribution in [0.25, 0.3) is 0 Å². The van der Waals surface area contributed by atoms with Gasteiger partial charge in [0.25, 0.3) is 0 Å². The summed E-state index contributed by atoms with van der Waals surface area (Å²) >= 11 is 0. The van der Waals surface area contributed by atoms with E-state index in [4.69, 9.17) is 10.5 Å². The van der Waals surface area contributed by atoms with Gasteiger partial charge in [0.2, 0.25) is 0 Å². The van der Waals surface area contributed by atoms with Crippen LogP contribution in [0.2, 0.25) is 0 Å². The van der Waals surface area contributed by atoms with Crippen molar-refractivity contribution >= 4 is 9.84 Å². The van der Waals surface area contributed by atoms with E-state index in [0.717, 1.165) is 12.0 Å². The Balaban J connectivity index is 2.83. The first-order valence-corrected chi connectivity index (χ1v) is 8.89. The van der Waals surface area contributed by atoms with Gasteiger partial charge >= 0.3 is 0 Å². The van der Waals surface area contributed by atoms with Crippen molar-refractivity contribution in [1.82, 2.24) is 0 Å². The molecule has 0 aliphatic rings. The fourth-order valence-electron chi connectivity index (χ4n) is 2.06. The second kappa shape index (κ2) is 7.64. The molecule has 0 aliphatic heterocycles. The van der Waals surface area contributed by atoms with Gasteiger partial charge in [0, 0.05) is 11.6 Å². The highest BCUT2D eigenvalue weighted by Crippen LogP contribution is 2.25. The van der Waals surface area contributed by atoms with Crippen LogP contribution in [0.3, 0.4) is 0 Å². The Labute approximate surface area is 122 Å². The topological polar surface area (TPSA) is 69.4 Å². The van der Waals surface area contributed by atoms with Crippen molar-refractivity contribution in [2.45, 2.75) is 33.2 Å². The number of nitrogens with two attached hydrogens (primary N) is 1. The lowest BCUT2D eigenvalue weighted by atomic mass is 10.1. The lowest BCUT2D eigenvalue weighted by Crippen LogP contribution is -2.26. The van der Waals surface area contributed by atoms with Crippen LogP contribution in [0.5, 0.6) is 5.75 Å². The molecule has 0 heterocycles. The lowest BCUT2D eigenvalue weighted by Gasteiger charge is -2.17. The van der Waals surface area contributed by atoms with Crippen molar-refractivity contribution in [2.75, 3.05) is 18.1 Å². The minimum atomic E-state index is -3.15. The highest BCUT2D eigenvalue weighted by Gasteiger charge is 2.21. The van der Waals surface area contributed by atoms with Crippen molar-refractivity contribution in [3.63, 3.8) is 0 Å². The second-order valence-corrected chi connectivity index (χ2v) is 7.32. The maximum Gasteiger partial charge on any atom is 0.152 e. The van der Waals surface area contributed by atoms with Gasteiger partial charge in [0.05, 0.1) is 18.1 Å². The molecule has 2 unspecified atom stereocenters. The molecule has 0 saturated carbocycles. The van der Waals surface area contributed by atoms with Crippen molar-refractivity contribution < 1.29 is 13.2 Å². The van der Waals surface area contributed by atoms with E-state index in [1.54, 1.807) is 0 Å². The van der Waals surface area contributed by atoms with Crippen molar-refractivity contribution in [1.29, 1.82) is 0 Å². The van der Waals surface area contributed by atoms with E-state index in [-0.39, 0.29) is 17.4 Å². The molecule has 114 valence electrons. The summed E-state index contributed by atoms with van der Waals surface area (Å²) in [5.41, 5.74) is 6.82. The molecular formula is C15H25NO3S. The van der Waals surface area contributed by atoms with Crippen LogP contribution in [0.15, 0.2) is 24.3 Å². The van der Waals surface area contributed by atoms with Crippen LogP contribution in [-0.4, -0.2) is 26.5 Å². The highest BCUT2D eigenvalue weighted by molar-refractivity contribution is 7.91. The van der Waals surface area contributed by atoms with Gasteiger partial charge in [-0.25, -0.2) is 8.42 Å². The summed E-state index contributed by atoms with van der Waals surface area (Å²) in [7, 11) is -3.15. The van der Waals surface area contributed by atoms with E-state index < -0.39 is 15.9 Å². The Morgan fingerprint density at radius 1 is 1.20 bits per heavy atom. The minimum absolute atomic E-state index is 0.0403. The quantitative estimate of drug-likeness (QED) is 0.801. The van der Waals surface area contributed by atoms with Crippen molar-refractivity contribution in [2.24, 2.45) is 11.7 Å².